The molecule has 1 fully saturated rings. The first-order valence-electron chi connectivity index (χ1n) is 7.01. The SMILES string of the molecule is Cc1cc(NC(=O)c2cc(N)cn2C2CC2)cc(C)c1Br. The van der Waals surface area contributed by atoms with E-state index < -0.39 is 0 Å². The number of carbonyl (C=O) groups is 1. The fourth-order valence-corrected chi connectivity index (χ4v) is 2.78. The number of nitrogens with one attached hydrogen (secondary N) is 1. The van der Waals surface area contributed by atoms with Gasteiger partial charge in [0.15, 0.2) is 0 Å². The van der Waals surface area contributed by atoms with Crippen LogP contribution in [-0.2, 0) is 0 Å². The van der Waals surface area contributed by atoms with E-state index in [-0.39, 0.29) is 5.91 Å². The average molecular weight is 348 g/mol. The predicted octanol–water partition coefficient (Wildman–Crippen LogP) is 4.04. The van der Waals surface area contributed by atoms with Crippen molar-refractivity contribution in [2.45, 2.75) is 32.7 Å². The number of aromatic nitrogens is 1. The van der Waals surface area contributed by atoms with Crippen LogP contribution in [-0.4, -0.2) is 10.5 Å². The van der Waals surface area contributed by atoms with Crippen molar-refractivity contribution >= 4 is 33.2 Å². The summed E-state index contributed by atoms with van der Waals surface area (Å²) < 4.78 is 3.06. The molecule has 1 amide bonds. The number of rotatable bonds is 3. The van der Waals surface area contributed by atoms with Gasteiger partial charge in [-0.25, -0.2) is 0 Å². The molecule has 2 aromatic rings. The molecule has 21 heavy (non-hydrogen) atoms. The van der Waals surface area contributed by atoms with Crippen molar-refractivity contribution in [2.24, 2.45) is 0 Å². The van der Waals surface area contributed by atoms with E-state index in [1.165, 1.54) is 0 Å². The highest BCUT2D eigenvalue weighted by atomic mass is 79.9. The molecule has 0 radical (unpaired) electrons. The molecular weight excluding hydrogens is 330 g/mol. The van der Waals surface area contributed by atoms with Gasteiger partial charge in [-0.3, -0.25) is 4.79 Å². The Labute approximate surface area is 132 Å². The van der Waals surface area contributed by atoms with Gasteiger partial charge in [-0.15, -0.1) is 0 Å². The number of hydrogen-bond acceptors (Lipinski definition) is 2. The molecule has 3 N–H and O–H groups in total. The zero-order valence-corrected chi connectivity index (χ0v) is 13.7. The quantitative estimate of drug-likeness (QED) is 0.880. The van der Waals surface area contributed by atoms with Crippen molar-refractivity contribution in [3.05, 3.63) is 45.7 Å². The molecule has 0 saturated heterocycles. The average Bonchev–Trinajstić information content (AvgIpc) is 3.18. The lowest BCUT2D eigenvalue weighted by atomic mass is 10.1. The highest BCUT2D eigenvalue weighted by Gasteiger charge is 2.27. The fourth-order valence-electron chi connectivity index (χ4n) is 2.55. The van der Waals surface area contributed by atoms with Crippen LogP contribution < -0.4 is 11.1 Å². The number of carbonyl (C=O) groups excluding carboxylic acids is 1. The van der Waals surface area contributed by atoms with Crippen molar-refractivity contribution in [3.8, 4) is 0 Å². The molecule has 0 unspecified atom stereocenters. The van der Waals surface area contributed by atoms with Crippen LogP contribution in [0.15, 0.2) is 28.9 Å². The Balaban J connectivity index is 1.87. The Morgan fingerprint density at radius 1 is 1.29 bits per heavy atom. The van der Waals surface area contributed by atoms with Crippen LogP contribution in [0.1, 0.15) is 40.5 Å². The molecule has 1 aliphatic rings. The van der Waals surface area contributed by atoms with Crippen molar-refractivity contribution in [1.82, 2.24) is 4.57 Å². The smallest absolute Gasteiger partial charge is 0.272 e. The van der Waals surface area contributed by atoms with Gasteiger partial charge in [-0.2, -0.15) is 0 Å². The van der Waals surface area contributed by atoms with Gasteiger partial charge in [0.1, 0.15) is 5.69 Å². The molecule has 1 heterocycles. The summed E-state index contributed by atoms with van der Waals surface area (Å²) in [5.41, 5.74) is 10.1. The monoisotopic (exact) mass is 347 g/mol. The van der Waals surface area contributed by atoms with Crippen molar-refractivity contribution < 1.29 is 4.79 Å². The van der Waals surface area contributed by atoms with Gasteiger partial charge in [0.2, 0.25) is 0 Å². The Morgan fingerprint density at radius 2 is 1.90 bits per heavy atom. The molecular formula is C16H18BrN3O. The molecule has 4 nitrogen and oxygen atoms in total. The third kappa shape index (κ3) is 2.83. The second-order valence-electron chi connectivity index (χ2n) is 5.68. The molecule has 0 atom stereocenters. The third-order valence-electron chi connectivity index (χ3n) is 3.74. The molecule has 5 heteroatoms. The topological polar surface area (TPSA) is 60.1 Å². The van der Waals surface area contributed by atoms with Gasteiger partial charge in [-0.1, -0.05) is 15.9 Å². The number of benzene rings is 1. The summed E-state index contributed by atoms with van der Waals surface area (Å²) in [7, 11) is 0. The van der Waals surface area contributed by atoms with Crippen LogP contribution >= 0.6 is 15.9 Å². The van der Waals surface area contributed by atoms with Crippen LogP contribution in [0.2, 0.25) is 0 Å². The van der Waals surface area contributed by atoms with Gasteiger partial charge in [0.25, 0.3) is 5.91 Å². The van der Waals surface area contributed by atoms with E-state index in [9.17, 15) is 4.79 Å². The fraction of sp³-hybridized carbons (Fsp3) is 0.312. The summed E-state index contributed by atoms with van der Waals surface area (Å²) >= 11 is 3.53. The molecule has 0 spiro atoms. The molecule has 3 rings (SSSR count). The predicted molar refractivity (Wildman–Crippen MR) is 88.7 cm³/mol. The van der Waals surface area contributed by atoms with Crippen molar-refractivity contribution in [3.63, 3.8) is 0 Å². The second-order valence-corrected chi connectivity index (χ2v) is 6.47. The van der Waals surface area contributed by atoms with Crippen molar-refractivity contribution in [1.29, 1.82) is 0 Å². The molecule has 1 aliphatic carbocycles. The Hall–Kier alpha value is -1.75. The van der Waals surface area contributed by atoms with Crippen LogP contribution in [0.3, 0.4) is 0 Å². The van der Waals surface area contributed by atoms with Gasteiger partial charge in [0.05, 0.1) is 5.69 Å². The number of halogens is 1. The van der Waals surface area contributed by atoms with Gasteiger partial charge in [-0.05, 0) is 56.0 Å². The lowest BCUT2D eigenvalue weighted by Crippen LogP contribution is -2.16. The number of hydrogen-bond donors (Lipinski definition) is 2. The number of amides is 1. The third-order valence-corrected chi connectivity index (χ3v) is 4.99. The van der Waals surface area contributed by atoms with E-state index in [1.807, 2.05) is 36.7 Å². The molecule has 110 valence electrons. The van der Waals surface area contributed by atoms with Gasteiger partial charge in [0, 0.05) is 22.4 Å². The van der Waals surface area contributed by atoms with Gasteiger partial charge >= 0.3 is 0 Å². The first kappa shape index (κ1) is 14.2. The molecule has 1 saturated carbocycles. The first-order chi connectivity index (χ1) is 9.95. The van der Waals surface area contributed by atoms with Crippen LogP contribution in [0.5, 0.6) is 0 Å². The summed E-state index contributed by atoms with van der Waals surface area (Å²) in [5.74, 6) is -0.111. The minimum Gasteiger partial charge on any atom is -0.397 e. The van der Waals surface area contributed by atoms with Gasteiger partial charge < -0.3 is 15.6 Å². The lowest BCUT2D eigenvalue weighted by molar-refractivity contribution is 0.101. The Bertz CT molecular complexity index is 693. The highest BCUT2D eigenvalue weighted by molar-refractivity contribution is 9.10. The van der Waals surface area contributed by atoms with Crippen LogP contribution in [0.4, 0.5) is 11.4 Å². The number of aryl methyl sites for hydroxylation is 2. The number of nitrogen functional groups attached to an aromatic ring is 1. The molecule has 0 aliphatic heterocycles. The highest BCUT2D eigenvalue weighted by Crippen LogP contribution is 2.37. The normalized spacial score (nSPS) is 14.2. The zero-order valence-electron chi connectivity index (χ0n) is 12.1. The van der Waals surface area contributed by atoms with E-state index in [2.05, 4.69) is 21.2 Å². The first-order valence-corrected chi connectivity index (χ1v) is 7.80. The zero-order chi connectivity index (χ0) is 15.1. The molecule has 1 aromatic carbocycles. The minimum atomic E-state index is -0.111. The van der Waals surface area contributed by atoms with Crippen LogP contribution in [0.25, 0.3) is 0 Å². The Kier molecular flexibility index (Phi) is 3.53. The maximum absolute atomic E-state index is 12.5. The standard InChI is InChI=1S/C16H18BrN3O/c1-9-5-12(6-10(2)15(9)17)19-16(21)14-7-11(18)8-20(14)13-3-4-13/h5-8,13H,3-4,18H2,1-2H3,(H,19,21). The van der Waals surface area contributed by atoms with Crippen LogP contribution in [0, 0.1) is 13.8 Å². The van der Waals surface area contributed by atoms with E-state index in [0.29, 0.717) is 17.4 Å². The van der Waals surface area contributed by atoms with E-state index >= 15 is 0 Å². The molecule has 0 bridgehead atoms. The Morgan fingerprint density at radius 3 is 2.48 bits per heavy atom. The summed E-state index contributed by atoms with van der Waals surface area (Å²) in [4.78, 5) is 12.5. The minimum absolute atomic E-state index is 0.111. The van der Waals surface area contributed by atoms with Crippen molar-refractivity contribution in [2.75, 3.05) is 11.1 Å². The lowest BCUT2D eigenvalue weighted by Gasteiger charge is -2.11. The maximum atomic E-state index is 12.5. The van der Waals surface area contributed by atoms with E-state index in [1.54, 1.807) is 6.07 Å². The summed E-state index contributed by atoms with van der Waals surface area (Å²) in [6.07, 6.45) is 4.08. The molecule has 1 aromatic heterocycles. The summed E-state index contributed by atoms with van der Waals surface area (Å²) in [5, 5.41) is 2.97. The van der Waals surface area contributed by atoms with E-state index in [4.69, 9.17) is 5.73 Å². The van der Waals surface area contributed by atoms with E-state index in [0.717, 1.165) is 34.1 Å². The second kappa shape index (κ2) is 5.22. The number of anilines is 2. The number of nitrogens with two attached hydrogens (primary N) is 1. The largest absolute Gasteiger partial charge is 0.397 e. The summed E-state index contributed by atoms with van der Waals surface area (Å²) in [6.45, 7) is 4.02. The maximum Gasteiger partial charge on any atom is 0.272 e. The number of nitrogens with zero attached hydrogens (tertiary/aromatic N) is 1. The summed E-state index contributed by atoms with van der Waals surface area (Å²) in [6, 6.07) is 6.09.